The van der Waals surface area contributed by atoms with Crippen LogP contribution in [0.2, 0.25) is 0 Å². The molecule has 1 amide bonds. The van der Waals surface area contributed by atoms with Crippen LogP contribution in [0, 0.1) is 11.6 Å². The van der Waals surface area contributed by atoms with Crippen LogP contribution in [0.15, 0.2) is 18.2 Å². The molecule has 5 nitrogen and oxygen atoms in total. The van der Waals surface area contributed by atoms with Crippen molar-refractivity contribution in [3.8, 4) is 0 Å². The summed E-state index contributed by atoms with van der Waals surface area (Å²) in [4.78, 5) is 13.6. The van der Waals surface area contributed by atoms with E-state index in [1.807, 2.05) is 0 Å². The molecule has 2 N–H and O–H groups in total. The van der Waals surface area contributed by atoms with E-state index < -0.39 is 23.3 Å². The fourth-order valence-electron chi connectivity index (χ4n) is 2.63. The Balaban J connectivity index is 1.85. The number of carbonyl (C=O) groups is 1. The molecule has 1 aliphatic heterocycles. The molecule has 1 aliphatic rings. The van der Waals surface area contributed by atoms with Crippen LogP contribution in [0.5, 0.6) is 0 Å². The number of benzene rings is 1. The van der Waals surface area contributed by atoms with Gasteiger partial charge in [-0.15, -0.1) is 0 Å². The van der Waals surface area contributed by atoms with Crippen LogP contribution in [0.4, 0.5) is 13.6 Å². The number of carbonyl (C=O) groups excluding carboxylic acids is 1. The minimum Gasteiger partial charge on any atom is -0.444 e. The van der Waals surface area contributed by atoms with Gasteiger partial charge in [0.1, 0.15) is 17.2 Å². The number of aliphatic hydroxyl groups is 1. The molecule has 2 rings (SSSR count). The predicted octanol–water partition coefficient (Wildman–Crippen LogP) is 2.60. The fourth-order valence-corrected chi connectivity index (χ4v) is 2.63. The first-order chi connectivity index (χ1) is 11.2. The van der Waals surface area contributed by atoms with Gasteiger partial charge in [-0.05, 0) is 39.3 Å². The quantitative estimate of drug-likeness (QED) is 0.883. The summed E-state index contributed by atoms with van der Waals surface area (Å²) in [5.74, 6) is -1.54. The van der Waals surface area contributed by atoms with Gasteiger partial charge in [0.15, 0.2) is 0 Å². The maximum absolute atomic E-state index is 13.6. The molecule has 0 radical (unpaired) electrons. The van der Waals surface area contributed by atoms with E-state index in [1.54, 1.807) is 25.7 Å². The SMILES string of the molecule is CC(C)(C)OC(=O)N1CC[C@@H](NC[C@@H](O)c2c(F)cccc2F)C1. The lowest BCUT2D eigenvalue weighted by Gasteiger charge is -2.24. The Kier molecular flexibility index (Phi) is 5.77. The third kappa shape index (κ3) is 4.88. The fraction of sp³-hybridized carbons (Fsp3) is 0.588. The van der Waals surface area contributed by atoms with Gasteiger partial charge in [0.25, 0.3) is 0 Å². The lowest BCUT2D eigenvalue weighted by atomic mass is 10.1. The van der Waals surface area contributed by atoms with Crippen molar-refractivity contribution in [2.75, 3.05) is 19.6 Å². The van der Waals surface area contributed by atoms with E-state index in [4.69, 9.17) is 4.74 Å². The highest BCUT2D eigenvalue weighted by Crippen LogP contribution is 2.21. The second-order valence-electron chi connectivity index (χ2n) is 6.97. The molecule has 24 heavy (non-hydrogen) atoms. The van der Waals surface area contributed by atoms with Crippen LogP contribution in [0.25, 0.3) is 0 Å². The van der Waals surface area contributed by atoms with Crippen LogP contribution >= 0.6 is 0 Å². The van der Waals surface area contributed by atoms with Gasteiger partial charge in [-0.2, -0.15) is 0 Å². The van der Waals surface area contributed by atoms with E-state index in [-0.39, 0.29) is 24.2 Å². The minimum absolute atomic E-state index is 0.00464. The largest absolute Gasteiger partial charge is 0.444 e. The zero-order valence-corrected chi connectivity index (χ0v) is 14.2. The van der Waals surface area contributed by atoms with E-state index >= 15 is 0 Å². The number of nitrogens with one attached hydrogen (secondary N) is 1. The van der Waals surface area contributed by atoms with E-state index in [2.05, 4.69) is 5.32 Å². The number of aliphatic hydroxyl groups excluding tert-OH is 1. The highest BCUT2D eigenvalue weighted by molar-refractivity contribution is 5.68. The van der Waals surface area contributed by atoms with Gasteiger partial charge in [0, 0.05) is 25.7 Å². The summed E-state index contributed by atoms with van der Waals surface area (Å²) in [7, 11) is 0. The van der Waals surface area contributed by atoms with Crippen molar-refractivity contribution < 1.29 is 23.4 Å². The number of halogens is 2. The number of nitrogens with zero attached hydrogens (tertiary/aromatic N) is 1. The van der Waals surface area contributed by atoms with Crippen LogP contribution < -0.4 is 5.32 Å². The topological polar surface area (TPSA) is 61.8 Å². The zero-order chi connectivity index (χ0) is 17.9. The number of ether oxygens (including phenoxy) is 1. The van der Waals surface area contributed by atoms with Gasteiger partial charge in [0.05, 0.1) is 11.7 Å². The molecule has 134 valence electrons. The molecule has 0 saturated carbocycles. The van der Waals surface area contributed by atoms with Crippen molar-refractivity contribution >= 4 is 6.09 Å². The first kappa shape index (κ1) is 18.6. The van der Waals surface area contributed by atoms with Crippen molar-refractivity contribution in [3.05, 3.63) is 35.4 Å². The smallest absolute Gasteiger partial charge is 0.410 e. The first-order valence-electron chi connectivity index (χ1n) is 8.00. The van der Waals surface area contributed by atoms with Crippen LogP contribution in [0.3, 0.4) is 0 Å². The molecule has 0 spiro atoms. The number of hydrogen-bond acceptors (Lipinski definition) is 4. The normalized spacial score (nSPS) is 19.4. The average molecular weight is 342 g/mol. The van der Waals surface area contributed by atoms with Crippen molar-refractivity contribution in [2.24, 2.45) is 0 Å². The highest BCUT2D eigenvalue weighted by atomic mass is 19.1. The zero-order valence-electron chi connectivity index (χ0n) is 14.2. The molecule has 0 aliphatic carbocycles. The molecule has 1 aromatic carbocycles. The molecule has 7 heteroatoms. The van der Waals surface area contributed by atoms with E-state index in [9.17, 15) is 18.7 Å². The summed E-state index contributed by atoms with van der Waals surface area (Å²) in [6, 6.07) is 3.43. The molecule has 0 bridgehead atoms. The Morgan fingerprint density at radius 3 is 2.62 bits per heavy atom. The Morgan fingerprint density at radius 2 is 2.04 bits per heavy atom. The van der Waals surface area contributed by atoms with Crippen molar-refractivity contribution in [1.82, 2.24) is 10.2 Å². The maximum Gasteiger partial charge on any atom is 0.410 e. The molecular formula is C17H24F2N2O3. The van der Waals surface area contributed by atoms with Crippen molar-refractivity contribution in [1.29, 1.82) is 0 Å². The Morgan fingerprint density at radius 1 is 1.42 bits per heavy atom. The van der Waals surface area contributed by atoms with Gasteiger partial charge in [-0.25, -0.2) is 13.6 Å². The summed E-state index contributed by atoms with van der Waals surface area (Å²) >= 11 is 0. The molecule has 0 unspecified atom stereocenters. The summed E-state index contributed by atoms with van der Waals surface area (Å²) in [5.41, 5.74) is -0.895. The molecule has 1 saturated heterocycles. The van der Waals surface area contributed by atoms with Gasteiger partial charge in [0.2, 0.25) is 0 Å². The molecular weight excluding hydrogens is 318 g/mol. The van der Waals surface area contributed by atoms with Gasteiger partial charge >= 0.3 is 6.09 Å². The summed E-state index contributed by atoms with van der Waals surface area (Å²) in [5, 5.41) is 13.1. The van der Waals surface area contributed by atoms with Gasteiger partial charge in [-0.1, -0.05) is 6.07 Å². The predicted molar refractivity (Wildman–Crippen MR) is 85.5 cm³/mol. The van der Waals surface area contributed by atoms with E-state index in [0.717, 1.165) is 12.1 Å². The number of hydrogen-bond donors (Lipinski definition) is 2. The number of likely N-dealkylation sites (tertiary alicyclic amines) is 1. The standard InChI is InChI=1S/C17H24F2N2O3/c1-17(2,3)24-16(23)21-8-7-11(10-21)20-9-14(22)15-12(18)5-4-6-13(15)19/h4-6,11,14,20,22H,7-10H2,1-3H3/t11-,14-/m1/s1. The third-order valence-electron chi connectivity index (χ3n) is 3.77. The van der Waals surface area contributed by atoms with Gasteiger partial charge < -0.3 is 20.1 Å². The molecule has 1 heterocycles. The second kappa shape index (κ2) is 7.44. The van der Waals surface area contributed by atoms with Crippen LogP contribution in [-0.4, -0.2) is 47.4 Å². The lowest BCUT2D eigenvalue weighted by molar-refractivity contribution is 0.0290. The summed E-state index contributed by atoms with van der Waals surface area (Å²) < 4.78 is 32.6. The minimum atomic E-state index is -1.29. The third-order valence-corrected chi connectivity index (χ3v) is 3.77. The number of amides is 1. The monoisotopic (exact) mass is 342 g/mol. The van der Waals surface area contributed by atoms with E-state index in [1.165, 1.54) is 6.07 Å². The number of rotatable bonds is 4. The second-order valence-corrected chi connectivity index (χ2v) is 6.97. The molecule has 1 aromatic rings. The van der Waals surface area contributed by atoms with Crippen molar-refractivity contribution in [3.63, 3.8) is 0 Å². The molecule has 1 fully saturated rings. The maximum atomic E-state index is 13.6. The summed E-state index contributed by atoms with van der Waals surface area (Å²) in [6.45, 7) is 6.38. The lowest BCUT2D eigenvalue weighted by Crippen LogP contribution is -2.39. The molecule has 2 atom stereocenters. The molecule has 0 aromatic heterocycles. The van der Waals surface area contributed by atoms with Crippen LogP contribution in [-0.2, 0) is 4.74 Å². The Labute approximate surface area is 140 Å². The van der Waals surface area contributed by atoms with E-state index in [0.29, 0.717) is 19.5 Å². The average Bonchev–Trinajstić information content (AvgIpc) is 2.92. The van der Waals surface area contributed by atoms with Crippen LogP contribution in [0.1, 0.15) is 38.9 Å². The van der Waals surface area contributed by atoms with Crippen molar-refractivity contribution in [2.45, 2.75) is 44.9 Å². The van der Waals surface area contributed by atoms with Gasteiger partial charge in [-0.3, -0.25) is 0 Å². The summed E-state index contributed by atoms with van der Waals surface area (Å²) in [6.07, 6.45) is -0.986. The Hall–Kier alpha value is -1.73. The Bertz CT molecular complexity index is 569. The highest BCUT2D eigenvalue weighted by Gasteiger charge is 2.30. The first-order valence-corrected chi connectivity index (χ1v) is 8.00.